The highest BCUT2D eigenvalue weighted by Gasteiger charge is 2.16. The molecule has 98 valence electrons. The molecular weight excluding hydrogens is 235 g/mol. The van der Waals surface area contributed by atoms with Gasteiger partial charge in [0, 0.05) is 18.8 Å². The van der Waals surface area contributed by atoms with Crippen molar-refractivity contribution in [2.75, 3.05) is 18.5 Å². The second-order valence-corrected chi connectivity index (χ2v) is 4.43. The predicted molar refractivity (Wildman–Crippen MR) is 67.1 cm³/mol. The van der Waals surface area contributed by atoms with Gasteiger partial charge in [0.25, 0.3) is 0 Å². The zero-order valence-electron chi connectivity index (χ0n) is 10.3. The number of anilines is 1. The Bertz CT molecular complexity index is 431. The number of nitrogens with one attached hydrogen (secondary N) is 2. The van der Waals surface area contributed by atoms with Crippen molar-refractivity contribution in [3.05, 3.63) is 29.6 Å². The van der Waals surface area contributed by atoms with Crippen LogP contribution in [0.5, 0.6) is 0 Å². The van der Waals surface area contributed by atoms with Crippen LogP contribution in [0.4, 0.5) is 14.9 Å². The first-order valence-corrected chi connectivity index (χ1v) is 6.08. The van der Waals surface area contributed by atoms with Gasteiger partial charge in [0.1, 0.15) is 5.82 Å². The molecule has 0 radical (unpaired) electrons. The Morgan fingerprint density at radius 1 is 1.56 bits per heavy atom. The van der Waals surface area contributed by atoms with Crippen molar-refractivity contribution < 1.29 is 13.9 Å². The maximum Gasteiger partial charge on any atom is 0.319 e. The van der Waals surface area contributed by atoms with Crippen LogP contribution >= 0.6 is 0 Å². The second-order valence-electron chi connectivity index (χ2n) is 4.43. The first kappa shape index (κ1) is 12.8. The van der Waals surface area contributed by atoms with E-state index in [-0.39, 0.29) is 18.0 Å². The summed E-state index contributed by atoms with van der Waals surface area (Å²) in [6.07, 6.45) is 2.15. The summed E-state index contributed by atoms with van der Waals surface area (Å²) in [4.78, 5) is 11.6. The number of hydrogen-bond acceptors (Lipinski definition) is 2. The average molecular weight is 252 g/mol. The Labute approximate surface area is 106 Å². The molecule has 1 saturated heterocycles. The average Bonchev–Trinajstić information content (AvgIpc) is 2.84. The lowest BCUT2D eigenvalue weighted by Crippen LogP contribution is -2.35. The molecule has 1 heterocycles. The van der Waals surface area contributed by atoms with Gasteiger partial charge in [0.2, 0.25) is 0 Å². The second kappa shape index (κ2) is 5.82. The minimum absolute atomic E-state index is 0.116. The number of urea groups is 1. The molecule has 4 nitrogen and oxygen atoms in total. The lowest BCUT2D eigenvalue weighted by molar-refractivity contribution is 0.112. The summed E-state index contributed by atoms with van der Waals surface area (Å²) >= 11 is 0. The van der Waals surface area contributed by atoms with Gasteiger partial charge in [-0.1, -0.05) is 0 Å². The van der Waals surface area contributed by atoms with E-state index in [1.807, 2.05) is 0 Å². The third kappa shape index (κ3) is 3.43. The van der Waals surface area contributed by atoms with E-state index in [9.17, 15) is 9.18 Å². The quantitative estimate of drug-likeness (QED) is 0.868. The fourth-order valence-corrected chi connectivity index (χ4v) is 1.91. The molecule has 0 spiro atoms. The van der Waals surface area contributed by atoms with E-state index >= 15 is 0 Å². The predicted octanol–water partition coefficient (Wildman–Crippen LogP) is 2.43. The van der Waals surface area contributed by atoms with E-state index < -0.39 is 0 Å². The number of carbonyl (C=O) groups excluding carboxylic acids is 1. The van der Waals surface area contributed by atoms with Crippen molar-refractivity contribution in [3.63, 3.8) is 0 Å². The van der Waals surface area contributed by atoms with Crippen molar-refractivity contribution in [2.45, 2.75) is 25.9 Å². The first-order chi connectivity index (χ1) is 8.65. The number of halogens is 1. The van der Waals surface area contributed by atoms with Gasteiger partial charge < -0.3 is 15.4 Å². The third-order valence-electron chi connectivity index (χ3n) is 2.93. The summed E-state index contributed by atoms with van der Waals surface area (Å²) in [6.45, 7) is 2.93. The van der Waals surface area contributed by atoms with Crippen LogP contribution in [-0.4, -0.2) is 25.3 Å². The fourth-order valence-electron chi connectivity index (χ4n) is 1.91. The van der Waals surface area contributed by atoms with Crippen LogP contribution in [-0.2, 0) is 4.74 Å². The molecule has 2 rings (SSSR count). The van der Waals surface area contributed by atoms with Gasteiger partial charge in [-0.05, 0) is 43.5 Å². The summed E-state index contributed by atoms with van der Waals surface area (Å²) in [7, 11) is 0. The number of rotatable bonds is 3. The SMILES string of the molecule is Cc1cc(NC(=O)NCC2CCCO2)ccc1F. The van der Waals surface area contributed by atoms with Crippen molar-refractivity contribution in [1.82, 2.24) is 5.32 Å². The molecule has 5 heteroatoms. The van der Waals surface area contributed by atoms with Gasteiger partial charge in [-0.3, -0.25) is 0 Å². The van der Waals surface area contributed by atoms with Crippen LogP contribution in [0.3, 0.4) is 0 Å². The Hall–Kier alpha value is -1.62. The zero-order chi connectivity index (χ0) is 13.0. The summed E-state index contributed by atoms with van der Waals surface area (Å²) in [5, 5.41) is 5.40. The number of carbonyl (C=O) groups is 1. The highest BCUT2D eigenvalue weighted by molar-refractivity contribution is 5.89. The highest BCUT2D eigenvalue weighted by Crippen LogP contribution is 2.14. The van der Waals surface area contributed by atoms with E-state index in [0.717, 1.165) is 19.4 Å². The van der Waals surface area contributed by atoms with Gasteiger partial charge in [-0.15, -0.1) is 0 Å². The molecule has 2 N–H and O–H groups in total. The van der Waals surface area contributed by atoms with Gasteiger partial charge in [0.15, 0.2) is 0 Å². The highest BCUT2D eigenvalue weighted by atomic mass is 19.1. The number of ether oxygens (including phenoxy) is 1. The minimum Gasteiger partial charge on any atom is -0.376 e. The Morgan fingerprint density at radius 2 is 2.39 bits per heavy atom. The molecule has 1 aromatic carbocycles. The normalized spacial score (nSPS) is 18.7. The number of benzene rings is 1. The summed E-state index contributed by atoms with van der Waals surface area (Å²) in [6, 6.07) is 4.18. The van der Waals surface area contributed by atoms with Crippen LogP contribution in [0.2, 0.25) is 0 Å². The molecule has 0 bridgehead atoms. The van der Waals surface area contributed by atoms with E-state index in [1.54, 1.807) is 13.0 Å². The Kier molecular flexibility index (Phi) is 4.15. The summed E-state index contributed by atoms with van der Waals surface area (Å²) in [5.74, 6) is -0.277. The number of hydrogen-bond donors (Lipinski definition) is 2. The fraction of sp³-hybridized carbons (Fsp3) is 0.462. The molecule has 18 heavy (non-hydrogen) atoms. The largest absolute Gasteiger partial charge is 0.376 e. The third-order valence-corrected chi connectivity index (χ3v) is 2.93. The molecule has 1 unspecified atom stereocenters. The van der Waals surface area contributed by atoms with Gasteiger partial charge in [0.05, 0.1) is 6.10 Å². The smallest absolute Gasteiger partial charge is 0.319 e. The summed E-state index contributed by atoms with van der Waals surface area (Å²) in [5.41, 5.74) is 1.09. The lowest BCUT2D eigenvalue weighted by atomic mass is 10.2. The van der Waals surface area contributed by atoms with E-state index in [0.29, 0.717) is 17.8 Å². The first-order valence-electron chi connectivity index (χ1n) is 6.08. The van der Waals surface area contributed by atoms with Crippen molar-refractivity contribution in [1.29, 1.82) is 0 Å². The van der Waals surface area contributed by atoms with Crippen LogP contribution in [0.25, 0.3) is 0 Å². The van der Waals surface area contributed by atoms with E-state index in [4.69, 9.17) is 4.74 Å². The maximum atomic E-state index is 13.0. The van der Waals surface area contributed by atoms with Gasteiger partial charge >= 0.3 is 6.03 Å². The van der Waals surface area contributed by atoms with Gasteiger partial charge in [-0.2, -0.15) is 0 Å². The summed E-state index contributed by atoms with van der Waals surface area (Å²) < 4.78 is 18.4. The molecule has 0 saturated carbocycles. The molecule has 1 aliphatic rings. The molecule has 1 aromatic rings. The van der Waals surface area contributed by atoms with Crippen LogP contribution in [0, 0.1) is 12.7 Å². The van der Waals surface area contributed by atoms with Crippen LogP contribution in [0.15, 0.2) is 18.2 Å². The molecule has 0 aromatic heterocycles. The Balaban J connectivity index is 1.80. The molecule has 1 atom stereocenters. The van der Waals surface area contributed by atoms with Crippen molar-refractivity contribution >= 4 is 11.7 Å². The monoisotopic (exact) mass is 252 g/mol. The molecule has 1 aliphatic heterocycles. The maximum absolute atomic E-state index is 13.0. The molecule has 2 amide bonds. The van der Waals surface area contributed by atoms with Crippen LogP contribution < -0.4 is 10.6 Å². The van der Waals surface area contributed by atoms with Gasteiger partial charge in [-0.25, -0.2) is 9.18 Å². The van der Waals surface area contributed by atoms with Crippen molar-refractivity contribution in [2.24, 2.45) is 0 Å². The molecule has 0 aliphatic carbocycles. The van der Waals surface area contributed by atoms with Crippen LogP contribution in [0.1, 0.15) is 18.4 Å². The topological polar surface area (TPSA) is 50.4 Å². The minimum atomic E-state index is -0.295. The zero-order valence-corrected chi connectivity index (χ0v) is 10.3. The molecular formula is C13H17FN2O2. The Morgan fingerprint density at radius 3 is 3.06 bits per heavy atom. The number of aryl methyl sites for hydroxylation is 1. The van der Waals surface area contributed by atoms with E-state index in [1.165, 1.54) is 12.1 Å². The number of amides is 2. The standard InChI is InChI=1S/C13H17FN2O2/c1-9-7-10(4-5-12(9)14)16-13(17)15-8-11-3-2-6-18-11/h4-5,7,11H,2-3,6,8H2,1H3,(H2,15,16,17). The lowest BCUT2D eigenvalue weighted by Gasteiger charge is -2.12. The molecule has 1 fully saturated rings. The van der Waals surface area contributed by atoms with E-state index in [2.05, 4.69) is 10.6 Å². The van der Waals surface area contributed by atoms with Crippen molar-refractivity contribution in [3.8, 4) is 0 Å².